The summed E-state index contributed by atoms with van der Waals surface area (Å²) in [6.07, 6.45) is 1.35. The van der Waals surface area contributed by atoms with Crippen molar-refractivity contribution in [2.75, 3.05) is 13.7 Å². The fraction of sp³-hybridized carbons (Fsp3) is 0.857. The molecule has 0 N–H and O–H groups in total. The van der Waals surface area contributed by atoms with Gasteiger partial charge in [-0.05, 0) is 6.42 Å². The summed E-state index contributed by atoms with van der Waals surface area (Å²) in [4.78, 5) is 10.8. The molecule has 2 rings (SSSR count). The first-order valence-electron chi connectivity index (χ1n) is 3.52. The number of carbonyl (C=O) groups excluding carboxylic acids is 1. The lowest BCUT2D eigenvalue weighted by molar-refractivity contribution is -0.142. The van der Waals surface area contributed by atoms with E-state index >= 15 is 0 Å². The van der Waals surface area contributed by atoms with Gasteiger partial charge in [0.05, 0.1) is 25.7 Å². The van der Waals surface area contributed by atoms with Crippen LogP contribution in [-0.2, 0) is 14.3 Å². The molecule has 2 fully saturated rings. The highest BCUT2D eigenvalue weighted by molar-refractivity contribution is 5.75. The average Bonchev–Trinajstić information content (AvgIpc) is 2.74. The number of methoxy groups -OCH3 is 1. The van der Waals surface area contributed by atoms with Crippen LogP contribution in [0.15, 0.2) is 0 Å². The van der Waals surface area contributed by atoms with Gasteiger partial charge >= 0.3 is 5.97 Å². The van der Waals surface area contributed by atoms with Crippen molar-refractivity contribution in [3.8, 4) is 0 Å². The molecule has 56 valence electrons. The summed E-state index contributed by atoms with van der Waals surface area (Å²) in [5.41, 5.74) is 0. The Morgan fingerprint density at radius 3 is 2.90 bits per heavy atom. The second-order valence-electron chi connectivity index (χ2n) is 2.90. The molecule has 3 atom stereocenters. The van der Waals surface area contributed by atoms with Gasteiger partial charge in [-0.25, -0.2) is 0 Å². The van der Waals surface area contributed by atoms with Gasteiger partial charge in [-0.1, -0.05) is 0 Å². The SMILES string of the molecule is COC(=O)[C@@H]1C[C@@H]1[C@H]1CO1. The van der Waals surface area contributed by atoms with Gasteiger partial charge in [-0.15, -0.1) is 0 Å². The fourth-order valence-electron chi connectivity index (χ4n) is 1.35. The number of rotatable bonds is 2. The Bertz CT molecular complexity index is 162. The maximum absolute atomic E-state index is 10.8. The number of epoxide rings is 1. The highest BCUT2D eigenvalue weighted by Crippen LogP contribution is 2.47. The molecule has 0 bridgehead atoms. The van der Waals surface area contributed by atoms with Gasteiger partial charge in [-0.2, -0.15) is 0 Å². The Morgan fingerprint density at radius 2 is 2.40 bits per heavy atom. The first-order chi connectivity index (χ1) is 4.83. The van der Waals surface area contributed by atoms with E-state index in [4.69, 9.17) is 4.74 Å². The van der Waals surface area contributed by atoms with E-state index < -0.39 is 0 Å². The van der Waals surface area contributed by atoms with Gasteiger partial charge in [0.15, 0.2) is 0 Å². The standard InChI is InChI=1S/C7H10O3/c1-9-7(8)5-2-4(5)6-3-10-6/h4-6H,2-3H2,1H3/t4-,5+,6+/m0/s1. The Labute approximate surface area is 59.3 Å². The number of carbonyl (C=O) groups is 1. The maximum Gasteiger partial charge on any atom is 0.309 e. The molecule has 3 heteroatoms. The first kappa shape index (κ1) is 6.16. The highest BCUT2D eigenvalue weighted by Gasteiger charge is 2.53. The van der Waals surface area contributed by atoms with Crippen LogP contribution in [0.1, 0.15) is 6.42 Å². The lowest BCUT2D eigenvalue weighted by Crippen LogP contribution is -2.06. The van der Waals surface area contributed by atoms with Crippen molar-refractivity contribution in [3.63, 3.8) is 0 Å². The lowest BCUT2D eigenvalue weighted by atomic mass is 10.2. The summed E-state index contributed by atoms with van der Waals surface area (Å²) < 4.78 is 9.64. The molecule has 0 aromatic carbocycles. The molecular formula is C7H10O3. The van der Waals surface area contributed by atoms with Gasteiger partial charge < -0.3 is 9.47 Å². The molecule has 10 heavy (non-hydrogen) atoms. The molecule has 0 aromatic rings. The van der Waals surface area contributed by atoms with Crippen LogP contribution in [0, 0.1) is 11.8 Å². The van der Waals surface area contributed by atoms with Crippen LogP contribution >= 0.6 is 0 Å². The van der Waals surface area contributed by atoms with Gasteiger partial charge in [-0.3, -0.25) is 4.79 Å². The minimum Gasteiger partial charge on any atom is -0.469 e. The third-order valence-electron chi connectivity index (χ3n) is 2.18. The predicted molar refractivity (Wildman–Crippen MR) is 33.4 cm³/mol. The molecule has 0 spiro atoms. The van der Waals surface area contributed by atoms with Crippen molar-refractivity contribution in [1.29, 1.82) is 0 Å². The van der Waals surface area contributed by atoms with Crippen molar-refractivity contribution in [2.45, 2.75) is 12.5 Å². The second-order valence-corrected chi connectivity index (χ2v) is 2.90. The van der Waals surface area contributed by atoms with E-state index in [1.165, 1.54) is 7.11 Å². The van der Waals surface area contributed by atoms with E-state index in [1.807, 2.05) is 0 Å². The van der Waals surface area contributed by atoms with Crippen LogP contribution in [0.25, 0.3) is 0 Å². The molecule has 1 heterocycles. The van der Waals surface area contributed by atoms with E-state index in [0.29, 0.717) is 12.0 Å². The summed E-state index contributed by atoms with van der Waals surface area (Å²) in [5, 5.41) is 0. The Morgan fingerprint density at radius 1 is 1.70 bits per heavy atom. The largest absolute Gasteiger partial charge is 0.469 e. The van der Waals surface area contributed by atoms with E-state index in [1.54, 1.807) is 0 Å². The molecule has 1 aliphatic heterocycles. The summed E-state index contributed by atoms with van der Waals surface area (Å²) in [5.74, 6) is 0.561. The molecular weight excluding hydrogens is 132 g/mol. The van der Waals surface area contributed by atoms with Crippen LogP contribution < -0.4 is 0 Å². The third-order valence-corrected chi connectivity index (χ3v) is 2.18. The number of hydrogen-bond acceptors (Lipinski definition) is 3. The molecule has 0 unspecified atom stereocenters. The van der Waals surface area contributed by atoms with Crippen LogP contribution in [0.3, 0.4) is 0 Å². The Kier molecular flexibility index (Phi) is 1.20. The van der Waals surface area contributed by atoms with Gasteiger partial charge in [0.1, 0.15) is 0 Å². The molecule has 1 saturated carbocycles. The summed E-state index contributed by atoms with van der Waals surface area (Å²) in [6, 6.07) is 0. The molecule has 0 amide bonds. The third kappa shape index (κ3) is 0.904. The quantitative estimate of drug-likeness (QED) is 0.408. The first-order valence-corrected chi connectivity index (χ1v) is 3.52. The Balaban J connectivity index is 1.82. The number of esters is 1. The van der Waals surface area contributed by atoms with Crippen LogP contribution in [-0.4, -0.2) is 25.8 Å². The van der Waals surface area contributed by atoms with Gasteiger partial charge in [0, 0.05) is 5.92 Å². The normalized spacial score (nSPS) is 42.7. The molecule has 0 aromatic heterocycles. The fourth-order valence-corrected chi connectivity index (χ4v) is 1.35. The molecule has 2 aliphatic rings. The molecule has 1 saturated heterocycles. The molecule has 0 radical (unpaired) electrons. The smallest absolute Gasteiger partial charge is 0.309 e. The summed E-state index contributed by atoms with van der Waals surface area (Å²) in [6.45, 7) is 0.845. The van der Waals surface area contributed by atoms with E-state index in [-0.39, 0.29) is 11.9 Å². The summed E-state index contributed by atoms with van der Waals surface area (Å²) >= 11 is 0. The number of hydrogen-bond donors (Lipinski definition) is 0. The zero-order valence-electron chi connectivity index (χ0n) is 5.87. The second kappa shape index (κ2) is 1.95. The average molecular weight is 142 g/mol. The summed E-state index contributed by atoms with van der Waals surface area (Å²) in [7, 11) is 1.44. The minimum atomic E-state index is -0.0690. The van der Waals surface area contributed by atoms with E-state index in [2.05, 4.69) is 4.74 Å². The zero-order chi connectivity index (χ0) is 7.14. The molecule has 1 aliphatic carbocycles. The van der Waals surface area contributed by atoms with Gasteiger partial charge in [0.25, 0.3) is 0 Å². The number of ether oxygens (including phenoxy) is 2. The Hall–Kier alpha value is -0.570. The van der Waals surface area contributed by atoms with Crippen molar-refractivity contribution < 1.29 is 14.3 Å². The van der Waals surface area contributed by atoms with E-state index in [0.717, 1.165) is 13.0 Å². The van der Waals surface area contributed by atoms with Crippen molar-refractivity contribution in [3.05, 3.63) is 0 Å². The van der Waals surface area contributed by atoms with E-state index in [9.17, 15) is 4.79 Å². The van der Waals surface area contributed by atoms with Gasteiger partial charge in [0.2, 0.25) is 0 Å². The zero-order valence-corrected chi connectivity index (χ0v) is 5.87. The molecule has 3 nitrogen and oxygen atoms in total. The monoisotopic (exact) mass is 142 g/mol. The van der Waals surface area contributed by atoms with Crippen molar-refractivity contribution in [1.82, 2.24) is 0 Å². The van der Waals surface area contributed by atoms with Crippen molar-refractivity contribution >= 4 is 5.97 Å². The van der Waals surface area contributed by atoms with Crippen LogP contribution in [0.4, 0.5) is 0 Å². The highest BCUT2D eigenvalue weighted by atomic mass is 16.6. The maximum atomic E-state index is 10.8. The lowest BCUT2D eigenvalue weighted by Gasteiger charge is -1.93. The van der Waals surface area contributed by atoms with Crippen LogP contribution in [0.2, 0.25) is 0 Å². The predicted octanol–water partition coefficient (Wildman–Crippen LogP) is 0.194. The minimum absolute atomic E-state index is 0.0690. The van der Waals surface area contributed by atoms with Crippen molar-refractivity contribution in [2.24, 2.45) is 11.8 Å². The van der Waals surface area contributed by atoms with Crippen LogP contribution in [0.5, 0.6) is 0 Å². The topological polar surface area (TPSA) is 38.8 Å².